The average Bonchev–Trinajstić information content (AvgIpc) is 2.87. The molecule has 1 aromatic carbocycles. The molecule has 1 N–H and O–H groups in total. The van der Waals surface area contributed by atoms with Crippen LogP contribution in [-0.4, -0.2) is 16.1 Å². The molecule has 0 bridgehead atoms. The number of benzene rings is 1. The molecule has 94 valence electrons. The van der Waals surface area contributed by atoms with E-state index >= 15 is 0 Å². The molecule has 0 saturated heterocycles. The minimum atomic E-state index is -0.307. The van der Waals surface area contributed by atoms with Crippen molar-refractivity contribution in [2.75, 3.05) is 5.32 Å². The molecule has 0 aliphatic rings. The molecular formula is C13H8ClN3OS. The first-order valence-electron chi connectivity index (χ1n) is 5.50. The van der Waals surface area contributed by atoms with Crippen LogP contribution < -0.4 is 5.32 Å². The van der Waals surface area contributed by atoms with Gasteiger partial charge in [0.1, 0.15) is 0 Å². The third-order valence-corrected chi connectivity index (χ3v) is 3.67. The van der Waals surface area contributed by atoms with Gasteiger partial charge < -0.3 is 5.32 Å². The number of thiophene rings is 1. The minimum Gasteiger partial charge on any atom is -0.321 e. The summed E-state index contributed by atoms with van der Waals surface area (Å²) in [7, 11) is 0. The zero-order valence-corrected chi connectivity index (χ0v) is 11.2. The van der Waals surface area contributed by atoms with E-state index in [0.717, 1.165) is 11.1 Å². The Morgan fingerprint density at radius 2 is 2.05 bits per heavy atom. The molecule has 3 aromatic rings. The Kier molecular flexibility index (Phi) is 3.15. The van der Waals surface area contributed by atoms with Gasteiger partial charge in [0.05, 0.1) is 0 Å². The highest BCUT2D eigenvalue weighted by atomic mass is 35.5. The Bertz CT molecular complexity index is 739. The largest absolute Gasteiger partial charge is 0.321 e. The SMILES string of the molecule is O=C(Nc1ccc2sccc2c1)c1ccc(Cl)nn1. The maximum atomic E-state index is 11.9. The second-order valence-corrected chi connectivity index (χ2v) is 5.20. The van der Waals surface area contributed by atoms with Crippen molar-refractivity contribution in [3.8, 4) is 0 Å². The first-order chi connectivity index (χ1) is 9.22. The van der Waals surface area contributed by atoms with Crippen LogP contribution in [0.5, 0.6) is 0 Å². The van der Waals surface area contributed by atoms with Gasteiger partial charge in [-0.25, -0.2) is 0 Å². The van der Waals surface area contributed by atoms with Crippen LogP contribution in [0.3, 0.4) is 0 Å². The lowest BCUT2D eigenvalue weighted by Gasteiger charge is -2.04. The number of hydrogen-bond donors (Lipinski definition) is 1. The van der Waals surface area contributed by atoms with E-state index in [1.54, 1.807) is 11.3 Å². The maximum absolute atomic E-state index is 11.9. The van der Waals surface area contributed by atoms with Gasteiger partial charge >= 0.3 is 0 Å². The lowest BCUT2D eigenvalue weighted by Crippen LogP contribution is -2.14. The summed E-state index contributed by atoms with van der Waals surface area (Å²) in [5.74, 6) is -0.307. The fourth-order valence-corrected chi connectivity index (χ4v) is 2.55. The second kappa shape index (κ2) is 4.95. The van der Waals surface area contributed by atoms with E-state index in [1.807, 2.05) is 29.6 Å². The normalized spacial score (nSPS) is 10.6. The van der Waals surface area contributed by atoms with Gasteiger partial charge in [-0.15, -0.1) is 21.5 Å². The third-order valence-electron chi connectivity index (χ3n) is 2.57. The van der Waals surface area contributed by atoms with Gasteiger partial charge in [0.15, 0.2) is 10.8 Å². The Hall–Kier alpha value is -1.98. The van der Waals surface area contributed by atoms with E-state index in [0.29, 0.717) is 0 Å². The fraction of sp³-hybridized carbons (Fsp3) is 0. The van der Waals surface area contributed by atoms with Crippen LogP contribution >= 0.6 is 22.9 Å². The summed E-state index contributed by atoms with van der Waals surface area (Å²) in [5.41, 5.74) is 0.961. The Labute approximate surface area is 118 Å². The van der Waals surface area contributed by atoms with Crippen LogP contribution in [0, 0.1) is 0 Å². The molecule has 2 heterocycles. The van der Waals surface area contributed by atoms with Gasteiger partial charge in [-0.05, 0) is 47.2 Å². The van der Waals surface area contributed by atoms with Crippen molar-refractivity contribution in [3.05, 3.63) is 52.6 Å². The molecule has 0 unspecified atom stereocenters. The number of carbonyl (C=O) groups excluding carboxylic acids is 1. The van der Waals surface area contributed by atoms with Crippen molar-refractivity contribution in [1.82, 2.24) is 10.2 Å². The number of carbonyl (C=O) groups is 1. The topological polar surface area (TPSA) is 54.9 Å². The Morgan fingerprint density at radius 3 is 2.84 bits per heavy atom. The first kappa shape index (κ1) is 12.1. The van der Waals surface area contributed by atoms with E-state index in [2.05, 4.69) is 15.5 Å². The van der Waals surface area contributed by atoms with E-state index in [-0.39, 0.29) is 16.8 Å². The van der Waals surface area contributed by atoms with Crippen molar-refractivity contribution in [2.45, 2.75) is 0 Å². The minimum absolute atomic E-state index is 0.231. The summed E-state index contributed by atoms with van der Waals surface area (Å²) >= 11 is 7.29. The molecule has 0 atom stereocenters. The van der Waals surface area contributed by atoms with Crippen LogP contribution in [0.2, 0.25) is 5.15 Å². The zero-order valence-electron chi connectivity index (χ0n) is 9.63. The summed E-state index contributed by atoms with van der Waals surface area (Å²) in [6.07, 6.45) is 0. The highest BCUT2D eigenvalue weighted by Gasteiger charge is 2.08. The molecule has 3 rings (SSSR count). The molecule has 0 saturated carbocycles. The van der Waals surface area contributed by atoms with E-state index in [1.165, 1.54) is 16.8 Å². The molecule has 2 aromatic heterocycles. The van der Waals surface area contributed by atoms with Crippen molar-refractivity contribution in [3.63, 3.8) is 0 Å². The smallest absolute Gasteiger partial charge is 0.276 e. The molecule has 1 amide bonds. The van der Waals surface area contributed by atoms with E-state index < -0.39 is 0 Å². The standard InChI is InChI=1S/C13H8ClN3OS/c14-12-4-2-10(16-17-12)13(18)15-9-1-3-11-8(7-9)5-6-19-11/h1-7H,(H,15,18). The van der Waals surface area contributed by atoms with Crippen LogP contribution in [-0.2, 0) is 0 Å². The quantitative estimate of drug-likeness (QED) is 0.784. The number of aromatic nitrogens is 2. The first-order valence-corrected chi connectivity index (χ1v) is 6.76. The number of anilines is 1. The molecule has 6 heteroatoms. The van der Waals surface area contributed by atoms with Crippen molar-refractivity contribution >= 4 is 44.6 Å². The van der Waals surface area contributed by atoms with Crippen LogP contribution in [0.25, 0.3) is 10.1 Å². The zero-order chi connectivity index (χ0) is 13.2. The Morgan fingerprint density at radius 1 is 1.16 bits per heavy atom. The van der Waals surface area contributed by atoms with Crippen LogP contribution in [0.1, 0.15) is 10.5 Å². The van der Waals surface area contributed by atoms with Gasteiger partial charge in [-0.1, -0.05) is 11.6 Å². The summed E-state index contributed by atoms with van der Waals surface area (Å²) < 4.78 is 1.18. The summed E-state index contributed by atoms with van der Waals surface area (Å²) in [6, 6.07) is 10.8. The second-order valence-electron chi connectivity index (χ2n) is 3.87. The lowest BCUT2D eigenvalue weighted by atomic mass is 10.2. The number of nitrogens with zero attached hydrogens (tertiary/aromatic N) is 2. The predicted octanol–water partition coefficient (Wildman–Crippen LogP) is 3.60. The van der Waals surface area contributed by atoms with Crippen molar-refractivity contribution in [2.24, 2.45) is 0 Å². The molecule has 0 aliphatic heterocycles. The highest BCUT2D eigenvalue weighted by Crippen LogP contribution is 2.24. The molecule has 0 aliphatic carbocycles. The molecule has 0 fully saturated rings. The summed E-state index contributed by atoms with van der Waals surface area (Å²) in [6.45, 7) is 0. The van der Waals surface area contributed by atoms with Gasteiger partial charge in [-0.3, -0.25) is 4.79 Å². The number of rotatable bonds is 2. The number of hydrogen-bond acceptors (Lipinski definition) is 4. The molecule has 19 heavy (non-hydrogen) atoms. The van der Waals surface area contributed by atoms with Crippen LogP contribution in [0.4, 0.5) is 5.69 Å². The average molecular weight is 290 g/mol. The summed E-state index contributed by atoms with van der Waals surface area (Å²) in [5, 5.41) is 13.5. The number of halogens is 1. The fourth-order valence-electron chi connectivity index (χ4n) is 1.68. The van der Waals surface area contributed by atoms with Gasteiger partial charge in [0.25, 0.3) is 5.91 Å². The van der Waals surface area contributed by atoms with E-state index in [4.69, 9.17) is 11.6 Å². The maximum Gasteiger partial charge on any atom is 0.276 e. The summed E-state index contributed by atoms with van der Waals surface area (Å²) in [4.78, 5) is 11.9. The highest BCUT2D eigenvalue weighted by molar-refractivity contribution is 7.17. The van der Waals surface area contributed by atoms with Gasteiger partial charge in [0, 0.05) is 10.4 Å². The van der Waals surface area contributed by atoms with Crippen molar-refractivity contribution < 1.29 is 4.79 Å². The third kappa shape index (κ3) is 2.57. The number of nitrogens with one attached hydrogen (secondary N) is 1. The van der Waals surface area contributed by atoms with Gasteiger partial charge in [0.2, 0.25) is 0 Å². The van der Waals surface area contributed by atoms with E-state index in [9.17, 15) is 4.79 Å². The van der Waals surface area contributed by atoms with Gasteiger partial charge in [-0.2, -0.15) is 0 Å². The number of fused-ring (bicyclic) bond motifs is 1. The van der Waals surface area contributed by atoms with Crippen LogP contribution in [0.15, 0.2) is 41.8 Å². The molecule has 0 spiro atoms. The monoisotopic (exact) mass is 289 g/mol. The molecular weight excluding hydrogens is 282 g/mol. The number of amides is 1. The molecule has 0 radical (unpaired) electrons. The lowest BCUT2D eigenvalue weighted by molar-refractivity contribution is 0.102. The molecule has 4 nitrogen and oxygen atoms in total. The van der Waals surface area contributed by atoms with Crippen molar-refractivity contribution in [1.29, 1.82) is 0 Å². The predicted molar refractivity (Wildman–Crippen MR) is 76.8 cm³/mol. The Balaban J connectivity index is 1.83.